The topological polar surface area (TPSA) is 63.6 Å². The molecule has 4 rings (SSSR count). The van der Waals surface area contributed by atoms with Gasteiger partial charge in [-0.05, 0) is 47.9 Å². The summed E-state index contributed by atoms with van der Waals surface area (Å²) in [7, 11) is 0. The highest BCUT2D eigenvalue weighted by atomic mass is 35.5. The molecule has 3 aromatic rings. The van der Waals surface area contributed by atoms with E-state index in [1.807, 2.05) is 37.3 Å². The van der Waals surface area contributed by atoms with Crippen molar-refractivity contribution in [2.75, 3.05) is 0 Å². The highest BCUT2D eigenvalue weighted by molar-refractivity contribution is 8.04. The lowest BCUT2D eigenvalue weighted by Gasteiger charge is -2.25. The SMILES string of the molecule is CC(OC(=O)Cc1ccc(Cl)c(SC2=C(O)CC(c3c(Cl)cccc3Cl)CC2=O)c1)c1ccccc1. The van der Waals surface area contributed by atoms with Gasteiger partial charge in [0.05, 0.1) is 16.3 Å². The lowest BCUT2D eigenvalue weighted by Crippen LogP contribution is -2.17. The van der Waals surface area contributed by atoms with Crippen molar-refractivity contribution in [2.24, 2.45) is 0 Å². The zero-order valence-electron chi connectivity index (χ0n) is 19.3. The van der Waals surface area contributed by atoms with Gasteiger partial charge < -0.3 is 9.84 Å². The van der Waals surface area contributed by atoms with Crippen LogP contribution in [0.25, 0.3) is 0 Å². The van der Waals surface area contributed by atoms with Crippen LogP contribution < -0.4 is 0 Å². The minimum absolute atomic E-state index is 0.0326. The second kappa shape index (κ2) is 11.7. The van der Waals surface area contributed by atoms with E-state index in [9.17, 15) is 14.7 Å². The van der Waals surface area contributed by atoms with Gasteiger partial charge in [-0.25, -0.2) is 0 Å². The van der Waals surface area contributed by atoms with Crippen LogP contribution in [0.2, 0.25) is 15.1 Å². The van der Waals surface area contributed by atoms with E-state index in [0.29, 0.717) is 31.1 Å². The summed E-state index contributed by atoms with van der Waals surface area (Å²) < 4.78 is 5.56. The van der Waals surface area contributed by atoms with Crippen molar-refractivity contribution in [2.45, 2.75) is 43.1 Å². The number of esters is 1. The number of Topliss-reactive ketones (excluding diaryl/α,β-unsaturated/α-hetero) is 1. The molecular weight excluding hydrogens is 539 g/mol. The van der Waals surface area contributed by atoms with Crippen LogP contribution in [0.5, 0.6) is 0 Å². The van der Waals surface area contributed by atoms with Crippen molar-refractivity contribution in [1.29, 1.82) is 0 Å². The molecule has 4 nitrogen and oxygen atoms in total. The number of halogens is 3. The van der Waals surface area contributed by atoms with E-state index in [-0.39, 0.29) is 53.7 Å². The highest BCUT2D eigenvalue weighted by Gasteiger charge is 2.32. The molecule has 186 valence electrons. The zero-order valence-corrected chi connectivity index (χ0v) is 22.4. The summed E-state index contributed by atoms with van der Waals surface area (Å²) in [6.45, 7) is 1.82. The molecule has 0 saturated carbocycles. The number of rotatable bonds is 7. The Kier molecular flexibility index (Phi) is 8.68. The molecule has 1 aliphatic rings. The molecule has 0 heterocycles. The van der Waals surface area contributed by atoms with Gasteiger partial charge in [-0.1, -0.05) is 89.0 Å². The molecule has 0 saturated heterocycles. The fourth-order valence-electron chi connectivity index (χ4n) is 4.14. The summed E-state index contributed by atoms with van der Waals surface area (Å²) in [5.41, 5.74) is 2.26. The number of allylic oxidation sites excluding steroid dienone is 2. The smallest absolute Gasteiger partial charge is 0.310 e. The molecule has 3 aromatic carbocycles. The van der Waals surface area contributed by atoms with Crippen molar-refractivity contribution in [1.82, 2.24) is 0 Å². The number of benzene rings is 3. The highest BCUT2D eigenvalue weighted by Crippen LogP contribution is 2.45. The molecule has 0 spiro atoms. The molecule has 0 bridgehead atoms. The minimum atomic E-state index is -0.375. The Morgan fingerprint density at radius 3 is 2.36 bits per heavy atom. The Hall–Kier alpha value is -2.44. The Morgan fingerprint density at radius 1 is 1.00 bits per heavy atom. The fourth-order valence-corrected chi connectivity index (χ4v) is 6.07. The number of hydrogen-bond acceptors (Lipinski definition) is 5. The van der Waals surface area contributed by atoms with Crippen molar-refractivity contribution in [3.05, 3.63) is 109 Å². The average molecular weight is 562 g/mol. The van der Waals surface area contributed by atoms with Gasteiger partial charge in [0.25, 0.3) is 0 Å². The Morgan fingerprint density at radius 2 is 1.69 bits per heavy atom. The Labute approximate surface area is 229 Å². The first-order chi connectivity index (χ1) is 17.2. The number of carbonyl (C=O) groups is 2. The first-order valence-corrected chi connectivity index (χ1v) is 13.3. The maximum Gasteiger partial charge on any atom is 0.310 e. The number of carbonyl (C=O) groups excluding carboxylic acids is 2. The molecule has 8 heteroatoms. The summed E-state index contributed by atoms with van der Waals surface area (Å²) in [6, 6.07) is 19.8. The third kappa shape index (κ3) is 6.27. The number of hydrogen-bond donors (Lipinski definition) is 1. The largest absolute Gasteiger partial charge is 0.511 e. The van der Waals surface area contributed by atoms with E-state index in [4.69, 9.17) is 39.5 Å². The fraction of sp³-hybridized carbons (Fsp3) is 0.214. The van der Waals surface area contributed by atoms with Crippen molar-refractivity contribution < 1.29 is 19.4 Å². The molecule has 2 atom stereocenters. The van der Waals surface area contributed by atoms with Crippen LogP contribution in [0, 0.1) is 0 Å². The van der Waals surface area contributed by atoms with E-state index < -0.39 is 0 Å². The predicted molar refractivity (Wildman–Crippen MR) is 145 cm³/mol. The summed E-state index contributed by atoms with van der Waals surface area (Å²) >= 11 is 20.1. The van der Waals surface area contributed by atoms with Crippen LogP contribution in [-0.4, -0.2) is 16.9 Å². The summed E-state index contributed by atoms with van der Waals surface area (Å²) in [5, 5.41) is 12.1. The molecular formula is C28H23Cl3O4S. The molecule has 0 aliphatic heterocycles. The van der Waals surface area contributed by atoms with Crippen LogP contribution in [0.4, 0.5) is 0 Å². The average Bonchev–Trinajstić information content (AvgIpc) is 2.83. The third-order valence-corrected chi connectivity index (χ3v) is 8.25. The minimum Gasteiger partial charge on any atom is -0.511 e. The quantitative estimate of drug-likeness (QED) is 0.293. The van der Waals surface area contributed by atoms with Crippen LogP contribution in [0.15, 0.2) is 82.3 Å². The Balaban J connectivity index is 1.47. The van der Waals surface area contributed by atoms with Crippen LogP contribution in [0.3, 0.4) is 0 Å². The van der Waals surface area contributed by atoms with Crippen LogP contribution >= 0.6 is 46.6 Å². The number of aliphatic hydroxyl groups is 1. The van der Waals surface area contributed by atoms with Crippen molar-refractivity contribution in [3.8, 4) is 0 Å². The molecule has 1 aliphatic carbocycles. The second-order valence-electron chi connectivity index (χ2n) is 8.53. The molecule has 0 radical (unpaired) electrons. The zero-order chi connectivity index (χ0) is 25.8. The second-order valence-corrected chi connectivity index (χ2v) is 10.8. The van der Waals surface area contributed by atoms with Gasteiger partial charge in [0.15, 0.2) is 5.78 Å². The van der Waals surface area contributed by atoms with Crippen molar-refractivity contribution >= 4 is 58.3 Å². The van der Waals surface area contributed by atoms with Gasteiger partial charge in [0.1, 0.15) is 11.9 Å². The van der Waals surface area contributed by atoms with E-state index in [2.05, 4.69) is 0 Å². The van der Waals surface area contributed by atoms with Gasteiger partial charge in [-0.3, -0.25) is 9.59 Å². The maximum absolute atomic E-state index is 13.0. The van der Waals surface area contributed by atoms with E-state index in [1.54, 1.807) is 36.4 Å². The monoisotopic (exact) mass is 560 g/mol. The molecule has 0 amide bonds. The third-order valence-electron chi connectivity index (χ3n) is 5.93. The van der Waals surface area contributed by atoms with E-state index >= 15 is 0 Å². The van der Waals surface area contributed by atoms with Gasteiger partial charge in [-0.15, -0.1) is 0 Å². The number of aliphatic hydroxyl groups excluding tert-OH is 1. The van der Waals surface area contributed by atoms with E-state index in [0.717, 1.165) is 17.3 Å². The predicted octanol–water partition coefficient (Wildman–Crippen LogP) is 8.50. The van der Waals surface area contributed by atoms with E-state index in [1.165, 1.54) is 0 Å². The summed E-state index contributed by atoms with van der Waals surface area (Å²) in [6.07, 6.45) is 0.0740. The lowest BCUT2D eigenvalue weighted by atomic mass is 9.86. The van der Waals surface area contributed by atoms with Gasteiger partial charge >= 0.3 is 5.97 Å². The maximum atomic E-state index is 13.0. The summed E-state index contributed by atoms with van der Waals surface area (Å²) in [4.78, 5) is 26.3. The molecule has 2 unspecified atom stereocenters. The Bertz CT molecular complexity index is 1300. The number of thioether (sulfide) groups is 1. The molecule has 0 fully saturated rings. The first kappa shape index (κ1) is 26.6. The lowest BCUT2D eigenvalue weighted by molar-refractivity contribution is -0.147. The van der Waals surface area contributed by atoms with Gasteiger partial charge in [0.2, 0.25) is 0 Å². The van der Waals surface area contributed by atoms with Crippen molar-refractivity contribution in [3.63, 3.8) is 0 Å². The standard InChI is InChI=1S/C28H23Cl3O4S/c1-16(18-6-3-2-4-7-18)35-26(34)13-17-10-11-20(29)25(12-17)36-28-23(32)14-19(15-24(28)33)27-21(30)8-5-9-22(27)31/h2-12,16,19,32H,13-15H2,1H3. The molecule has 36 heavy (non-hydrogen) atoms. The van der Waals surface area contributed by atoms with Crippen LogP contribution in [-0.2, 0) is 20.7 Å². The molecule has 1 N–H and O–H groups in total. The molecule has 0 aromatic heterocycles. The summed E-state index contributed by atoms with van der Waals surface area (Å²) in [5.74, 6) is -0.941. The first-order valence-electron chi connectivity index (χ1n) is 11.3. The number of ketones is 1. The van der Waals surface area contributed by atoms with Gasteiger partial charge in [-0.2, -0.15) is 0 Å². The number of ether oxygens (including phenoxy) is 1. The van der Waals surface area contributed by atoms with Crippen LogP contribution in [0.1, 0.15) is 48.5 Å². The normalized spacial score (nSPS) is 16.7. The van der Waals surface area contributed by atoms with Gasteiger partial charge in [0, 0.05) is 33.7 Å².